The number of hydrogen-bond donors (Lipinski definition) is 1. The van der Waals surface area contributed by atoms with Crippen LogP contribution in [-0.4, -0.2) is 20.2 Å². The molecule has 0 saturated carbocycles. The first kappa shape index (κ1) is 13.3. The second-order valence-electron chi connectivity index (χ2n) is 4.63. The number of benzene rings is 2. The SMILES string of the molecule is Cc1ccccc1N(C)CCOc1cccc(N)c1. The summed E-state index contributed by atoms with van der Waals surface area (Å²) in [6, 6.07) is 15.9. The second-order valence-corrected chi connectivity index (χ2v) is 4.63. The van der Waals surface area contributed by atoms with Gasteiger partial charge in [-0.05, 0) is 30.7 Å². The van der Waals surface area contributed by atoms with E-state index in [4.69, 9.17) is 10.5 Å². The summed E-state index contributed by atoms with van der Waals surface area (Å²) in [5, 5.41) is 0. The first-order chi connectivity index (χ1) is 9.16. The Kier molecular flexibility index (Phi) is 4.29. The zero-order valence-corrected chi connectivity index (χ0v) is 11.5. The van der Waals surface area contributed by atoms with Gasteiger partial charge in [-0.1, -0.05) is 24.3 Å². The number of aryl methyl sites for hydroxylation is 1. The zero-order chi connectivity index (χ0) is 13.7. The molecule has 2 N–H and O–H groups in total. The summed E-state index contributed by atoms with van der Waals surface area (Å²) >= 11 is 0. The van der Waals surface area contributed by atoms with Gasteiger partial charge in [0.25, 0.3) is 0 Å². The number of para-hydroxylation sites is 1. The fourth-order valence-corrected chi connectivity index (χ4v) is 2.02. The van der Waals surface area contributed by atoms with Gasteiger partial charge in [0, 0.05) is 24.5 Å². The number of ether oxygens (including phenoxy) is 1. The maximum atomic E-state index is 5.71. The third-order valence-corrected chi connectivity index (χ3v) is 3.08. The summed E-state index contributed by atoms with van der Waals surface area (Å²) in [5.41, 5.74) is 8.94. The van der Waals surface area contributed by atoms with Crippen LogP contribution in [0.3, 0.4) is 0 Å². The molecule has 3 nitrogen and oxygen atoms in total. The number of rotatable bonds is 5. The summed E-state index contributed by atoms with van der Waals surface area (Å²) in [7, 11) is 2.07. The molecule has 0 aromatic heterocycles. The van der Waals surface area contributed by atoms with Gasteiger partial charge >= 0.3 is 0 Å². The number of hydrogen-bond acceptors (Lipinski definition) is 3. The van der Waals surface area contributed by atoms with E-state index in [0.29, 0.717) is 6.61 Å². The fourth-order valence-electron chi connectivity index (χ4n) is 2.02. The highest BCUT2D eigenvalue weighted by molar-refractivity contribution is 5.52. The highest BCUT2D eigenvalue weighted by atomic mass is 16.5. The van der Waals surface area contributed by atoms with E-state index < -0.39 is 0 Å². The predicted molar refractivity (Wildman–Crippen MR) is 80.8 cm³/mol. The van der Waals surface area contributed by atoms with Crippen molar-refractivity contribution < 1.29 is 4.74 Å². The molecule has 2 aromatic carbocycles. The average Bonchev–Trinajstić information content (AvgIpc) is 2.39. The van der Waals surface area contributed by atoms with Crippen molar-refractivity contribution in [3.05, 3.63) is 54.1 Å². The van der Waals surface area contributed by atoms with Gasteiger partial charge in [0.15, 0.2) is 0 Å². The quantitative estimate of drug-likeness (QED) is 0.835. The van der Waals surface area contributed by atoms with Crippen LogP contribution < -0.4 is 15.4 Å². The molecule has 0 aliphatic carbocycles. The molecule has 0 atom stereocenters. The van der Waals surface area contributed by atoms with Gasteiger partial charge in [-0.3, -0.25) is 0 Å². The number of nitrogens with zero attached hydrogens (tertiary/aromatic N) is 1. The van der Waals surface area contributed by atoms with E-state index in [2.05, 4.69) is 43.1 Å². The van der Waals surface area contributed by atoms with Crippen molar-refractivity contribution >= 4 is 11.4 Å². The molecule has 2 aromatic rings. The van der Waals surface area contributed by atoms with Crippen molar-refractivity contribution in [3.8, 4) is 5.75 Å². The average molecular weight is 256 g/mol. The lowest BCUT2D eigenvalue weighted by molar-refractivity contribution is 0.326. The predicted octanol–water partition coefficient (Wildman–Crippen LogP) is 3.09. The lowest BCUT2D eigenvalue weighted by atomic mass is 10.2. The van der Waals surface area contributed by atoms with Crippen LogP contribution in [0.5, 0.6) is 5.75 Å². The highest BCUT2D eigenvalue weighted by Crippen LogP contribution is 2.18. The molecule has 0 fully saturated rings. The highest BCUT2D eigenvalue weighted by Gasteiger charge is 2.03. The van der Waals surface area contributed by atoms with Gasteiger partial charge in [-0.25, -0.2) is 0 Å². The minimum Gasteiger partial charge on any atom is -0.492 e. The Labute approximate surface area is 114 Å². The molecule has 0 unspecified atom stereocenters. The Morgan fingerprint density at radius 1 is 1.11 bits per heavy atom. The summed E-state index contributed by atoms with van der Waals surface area (Å²) in [4.78, 5) is 2.20. The maximum absolute atomic E-state index is 5.71. The molecule has 0 saturated heterocycles. The molecule has 0 heterocycles. The van der Waals surface area contributed by atoms with Gasteiger partial charge in [0.1, 0.15) is 12.4 Å². The van der Waals surface area contributed by atoms with E-state index >= 15 is 0 Å². The molecule has 2 rings (SSSR count). The molecule has 0 aliphatic rings. The van der Waals surface area contributed by atoms with Gasteiger partial charge in [-0.2, -0.15) is 0 Å². The van der Waals surface area contributed by atoms with Crippen LogP contribution in [0.4, 0.5) is 11.4 Å². The molecule has 3 heteroatoms. The van der Waals surface area contributed by atoms with Crippen molar-refractivity contribution in [2.45, 2.75) is 6.92 Å². The molecular formula is C16H20N2O. The minimum absolute atomic E-state index is 0.633. The lowest BCUT2D eigenvalue weighted by Gasteiger charge is -2.21. The van der Waals surface area contributed by atoms with Crippen molar-refractivity contribution in [1.82, 2.24) is 0 Å². The summed E-state index contributed by atoms with van der Waals surface area (Å²) in [6.07, 6.45) is 0. The van der Waals surface area contributed by atoms with Gasteiger partial charge in [0.2, 0.25) is 0 Å². The van der Waals surface area contributed by atoms with E-state index in [9.17, 15) is 0 Å². The van der Waals surface area contributed by atoms with E-state index in [1.807, 2.05) is 24.3 Å². The number of nitrogen functional groups attached to an aromatic ring is 1. The zero-order valence-electron chi connectivity index (χ0n) is 11.5. The maximum Gasteiger partial charge on any atom is 0.121 e. The van der Waals surface area contributed by atoms with Crippen LogP contribution in [0.15, 0.2) is 48.5 Å². The van der Waals surface area contributed by atoms with Crippen molar-refractivity contribution in [2.24, 2.45) is 0 Å². The Morgan fingerprint density at radius 3 is 2.63 bits per heavy atom. The topological polar surface area (TPSA) is 38.5 Å². The van der Waals surface area contributed by atoms with E-state index in [1.165, 1.54) is 11.3 Å². The largest absolute Gasteiger partial charge is 0.492 e. The van der Waals surface area contributed by atoms with E-state index in [0.717, 1.165) is 18.0 Å². The van der Waals surface area contributed by atoms with Crippen LogP contribution in [0.2, 0.25) is 0 Å². The van der Waals surface area contributed by atoms with E-state index in [-0.39, 0.29) is 0 Å². The molecule has 0 amide bonds. The van der Waals surface area contributed by atoms with Crippen LogP contribution >= 0.6 is 0 Å². The smallest absolute Gasteiger partial charge is 0.121 e. The van der Waals surface area contributed by atoms with Gasteiger partial charge in [0.05, 0.1) is 6.54 Å². The normalized spacial score (nSPS) is 10.2. The van der Waals surface area contributed by atoms with Crippen molar-refractivity contribution in [1.29, 1.82) is 0 Å². The Morgan fingerprint density at radius 2 is 1.89 bits per heavy atom. The number of anilines is 2. The number of likely N-dealkylation sites (N-methyl/N-ethyl adjacent to an activating group) is 1. The molecule has 0 bridgehead atoms. The summed E-state index contributed by atoms with van der Waals surface area (Å²) in [5.74, 6) is 0.818. The standard InChI is InChI=1S/C16H20N2O/c1-13-6-3-4-9-16(13)18(2)10-11-19-15-8-5-7-14(17)12-15/h3-9,12H,10-11,17H2,1-2H3. The Balaban J connectivity index is 1.88. The van der Waals surface area contributed by atoms with Crippen molar-refractivity contribution in [3.63, 3.8) is 0 Å². The van der Waals surface area contributed by atoms with E-state index in [1.54, 1.807) is 0 Å². The lowest BCUT2D eigenvalue weighted by Crippen LogP contribution is -2.24. The molecule has 19 heavy (non-hydrogen) atoms. The Hall–Kier alpha value is -2.16. The van der Waals surface area contributed by atoms with Crippen molar-refractivity contribution in [2.75, 3.05) is 30.8 Å². The molecule has 0 aliphatic heterocycles. The van der Waals surface area contributed by atoms with Crippen LogP contribution in [0.25, 0.3) is 0 Å². The minimum atomic E-state index is 0.633. The fraction of sp³-hybridized carbons (Fsp3) is 0.250. The monoisotopic (exact) mass is 256 g/mol. The van der Waals surface area contributed by atoms with Crippen LogP contribution in [0.1, 0.15) is 5.56 Å². The number of nitrogens with two attached hydrogens (primary N) is 1. The van der Waals surface area contributed by atoms with Crippen LogP contribution in [0, 0.1) is 6.92 Å². The first-order valence-corrected chi connectivity index (χ1v) is 6.42. The van der Waals surface area contributed by atoms with Crippen LogP contribution in [-0.2, 0) is 0 Å². The first-order valence-electron chi connectivity index (χ1n) is 6.42. The Bertz CT molecular complexity index is 540. The molecular weight excluding hydrogens is 236 g/mol. The third kappa shape index (κ3) is 3.65. The summed E-state index contributed by atoms with van der Waals surface area (Å²) in [6.45, 7) is 3.58. The van der Waals surface area contributed by atoms with Gasteiger partial charge in [-0.15, -0.1) is 0 Å². The molecule has 100 valence electrons. The van der Waals surface area contributed by atoms with Gasteiger partial charge < -0.3 is 15.4 Å². The summed E-state index contributed by atoms with van der Waals surface area (Å²) < 4.78 is 5.70. The molecule has 0 radical (unpaired) electrons. The second kappa shape index (κ2) is 6.14. The molecule has 0 spiro atoms. The third-order valence-electron chi connectivity index (χ3n) is 3.08.